The first-order valence-electron chi connectivity index (χ1n) is 4.38. The summed E-state index contributed by atoms with van der Waals surface area (Å²) in [5, 5.41) is 9.73. The summed E-state index contributed by atoms with van der Waals surface area (Å²) in [6.07, 6.45) is 2.20. The van der Waals surface area contributed by atoms with E-state index in [0.29, 0.717) is 19.5 Å². The third-order valence-corrected chi connectivity index (χ3v) is 2.65. The van der Waals surface area contributed by atoms with Crippen molar-refractivity contribution in [2.75, 3.05) is 13.1 Å². The van der Waals surface area contributed by atoms with Gasteiger partial charge in [-0.25, -0.2) is 0 Å². The molecule has 3 N–H and O–H groups in total. The molecule has 1 aliphatic rings. The number of hydrogen-bond acceptors (Lipinski definition) is 3. The molecule has 1 fully saturated rings. The second-order valence-electron chi connectivity index (χ2n) is 3.59. The van der Waals surface area contributed by atoms with Gasteiger partial charge in [-0.1, -0.05) is 6.08 Å². The summed E-state index contributed by atoms with van der Waals surface area (Å²) < 4.78 is 0. The summed E-state index contributed by atoms with van der Waals surface area (Å²) in [7, 11) is 0. The Bertz CT molecular complexity index is 230. The van der Waals surface area contributed by atoms with Crippen molar-refractivity contribution in [3.63, 3.8) is 0 Å². The number of carbonyl (C=O) groups is 1. The van der Waals surface area contributed by atoms with Gasteiger partial charge in [0.05, 0.1) is 0 Å². The van der Waals surface area contributed by atoms with Crippen LogP contribution in [0.5, 0.6) is 0 Å². The molecule has 0 bridgehead atoms. The Morgan fingerprint density at radius 3 is 2.85 bits per heavy atom. The minimum atomic E-state index is -1.34. The van der Waals surface area contributed by atoms with Gasteiger partial charge in [-0.15, -0.1) is 6.58 Å². The van der Waals surface area contributed by atoms with Gasteiger partial charge in [-0.3, -0.25) is 9.69 Å². The fraction of sp³-hybridized carbons (Fsp3) is 0.667. The van der Waals surface area contributed by atoms with Gasteiger partial charge >= 0.3 is 0 Å². The average Bonchev–Trinajstić information content (AvgIpc) is 2.48. The van der Waals surface area contributed by atoms with Crippen molar-refractivity contribution in [1.29, 1.82) is 0 Å². The molecule has 0 spiro atoms. The molecule has 1 aliphatic heterocycles. The Labute approximate surface area is 78.0 Å². The van der Waals surface area contributed by atoms with Crippen molar-refractivity contribution in [2.24, 2.45) is 5.73 Å². The van der Waals surface area contributed by atoms with Crippen molar-refractivity contribution in [1.82, 2.24) is 4.90 Å². The maximum absolute atomic E-state index is 10.9. The van der Waals surface area contributed by atoms with Crippen molar-refractivity contribution in [2.45, 2.75) is 25.0 Å². The summed E-state index contributed by atoms with van der Waals surface area (Å²) in [6, 6.07) is 0.174. The Hall–Kier alpha value is -0.870. The van der Waals surface area contributed by atoms with E-state index in [-0.39, 0.29) is 6.04 Å². The third-order valence-electron chi connectivity index (χ3n) is 2.65. The Balaban J connectivity index is 2.63. The van der Waals surface area contributed by atoms with E-state index >= 15 is 0 Å². The molecule has 0 saturated carbocycles. The van der Waals surface area contributed by atoms with E-state index in [1.165, 1.54) is 0 Å². The van der Waals surface area contributed by atoms with Gasteiger partial charge < -0.3 is 10.8 Å². The zero-order valence-corrected chi connectivity index (χ0v) is 7.86. The van der Waals surface area contributed by atoms with E-state index in [9.17, 15) is 9.90 Å². The maximum Gasteiger partial charge on any atom is 0.250 e. The summed E-state index contributed by atoms with van der Waals surface area (Å²) in [5.74, 6) is -0.633. The molecule has 1 heterocycles. The summed E-state index contributed by atoms with van der Waals surface area (Å²) >= 11 is 0. The predicted octanol–water partition coefficient (Wildman–Crippen LogP) is -0.517. The molecule has 1 saturated heterocycles. The zero-order chi connectivity index (χ0) is 10.1. The normalized spacial score (nSPS) is 31.5. The molecule has 2 atom stereocenters. The highest BCUT2D eigenvalue weighted by Crippen LogP contribution is 2.22. The number of likely N-dealkylation sites (tertiary alicyclic amines) is 1. The summed E-state index contributed by atoms with van der Waals surface area (Å²) in [4.78, 5) is 12.9. The van der Waals surface area contributed by atoms with E-state index in [2.05, 4.69) is 6.58 Å². The Morgan fingerprint density at radius 2 is 2.46 bits per heavy atom. The number of amides is 1. The topological polar surface area (TPSA) is 66.6 Å². The molecule has 13 heavy (non-hydrogen) atoms. The molecule has 0 aromatic heterocycles. The molecule has 0 aromatic carbocycles. The standard InChI is InChI=1S/C9H16N2O2/c1-3-7(2)11-5-4-9(13,6-11)8(10)12/h3,7,13H,1,4-6H2,2H3,(H2,10,12). The van der Waals surface area contributed by atoms with Gasteiger partial charge in [-0.05, 0) is 13.3 Å². The van der Waals surface area contributed by atoms with Crippen LogP contribution in [0.1, 0.15) is 13.3 Å². The third kappa shape index (κ3) is 1.89. The van der Waals surface area contributed by atoms with Crippen LogP contribution in [0, 0.1) is 0 Å². The summed E-state index contributed by atoms with van der Waals surface area (Å²) in [5.41, 5.74) is 3.76. The van der Waals surface area contributed by atoms with E-state index in [1.807, 2.05) is 11.8 Å². The molecule has 1 amide bonds. The number of β-amino-alcohol motifs (C(OH)–C–C–N with tert-alkyl or cyclic N) is 1. The lowest BCUT2D eigenvalue weighted by Gasteiger charge is -2.23. The lowest BCUT2D eigenvalue weighted by atomic mass is 10.0. The average molecular weight is 184 g/mol. The number of aliphatic hydroxyl groups is 1. The molecule has 2 unspecified atom stereocenters. The maximum atomic E-state index is 10.9. The highest BCUT2D eigenvalue weighted by molar-refractivity contribution is 5.83. The van der Waals surface area contributed by atoms with Crippen LogP contribution >= 0.6 is 0 Å². The van der Waals surface area contributed by atoms with Gasteiger partial charge in [0, 0.05) is 19.1 Å². The van der Waals surface area contributed by atoms with Gasteiger partial charge in [-0.2, -0.15) is 0 Å². The van der Waals surface area contributed by atoms with Crippen LogP contribution in [0.3, 0.4) is 0 Å². The van der Waals surface area contributed by atoms with E-state index in [0.717, 1.165) is 0 Å². The molecule has 0 aliphatic carbocycles. The fourth-order valence-corrected chi connectivity index (χ4v) is 1.52. The molecular formula is C9H16N2O2. The minimum absolute atomic E-state index is 0.174. The molecule has 0 aromatic rings. The van der Waals surface area contributed by atoms with Crippen LogP contribution in [0.15, 0.2) is 12.7 Å². The molecule has 74 valence electrons. The first-order chi connectivity index (χ1) is 5.99. The predicted molar refractivity (Wildman–Crippen MR) is 50.0 cm³/mol. The first-order valence-corrected chi connectivity index (χ1v) is 4.38. The molecule has 1 rings (SSSR count). The number of rotatable bonds is 3. The largest absolute Gasteiger partial charge is 0.379 e. The van der Waals surface area contributed by atoms with E-state index < -0.39 is 11.5 Å². The minimum Gasteiger partial charge on any atom is -0.379 e. The van der Waals surface area contributed by atoms with Crippen LogP contribution in [0.4, 0.5) is 0 Å². The lowest BCUT2D eigenvalue weighted by molar-refractivity contribution is -0.135. The number of nitrogens with zero attached hydrogens (tertiary/aromatic N) is 1. The zero-order valence-electron chi connectivity index (χ0n) is 7.86. The molecular weight excluding hydrogens is 168 g/mol. The smallest absolute Gasteiger partial charge is 0.250 e. The van der Waals surface area contributed by atoms with E-state index in [4.69, 9.17) is 5.73 Å². The number of primary amides is 1. The van der Waals surface area contributed by atoms with Gasteiger partial charge in [0.1, 0.15) is 0 Å². The van der Waals surface area contributed by atoms with Gasteiger partial charge in [0.15, 0.2) is 5.60 Å². The van der Waals surface area contributed by atoms with Crippen LogP contribution in [-0.2, 0) is 4.79 Å². The fourth-order valence-electron chi connectivity index (χ4n) is 1.52. The SMILES string of the molecule is C=CC(C)N1CCC(O)(C(N)=O)C1. The highest BCUT2D eigenvalue weighted by atomic mass is 16.3. The number of carbonyl (C=O) groups excluding carboxylic acids is 1. The first kappa shape index (κ1) is 10.2. The molecule has 0 radical (unpaired) electrons. The van der Waals surface area contributed by atoms with E-state index in [1.54, 1.807) is 6.08 Å². The molecule has 4 nitrogen and oxygen atoms in total. The second kappa shape index (κ2) is 3.47. The number of nitrogens with two attached hydrogens (primary N) is 1. The van der Waals surface area contributed by atoms with Crippen molar-refractivity contribution < 1.29 is 9.90 Å². The molecule has 4 heteroatoms. The second-order valence-corrected chi connectivity index (χ2v) is 3.59. The highest BCUT2D eigenvalue weighted by Gasteiger charge is 2.42. The van der Waals surface area contributed by atoms with Crippen LogP contribution in [0.25, 0.3) is 0 Å². The quantitative estimate of drug-likeness (QED) is 0.580. The Kier molecular flexibility index (Phi) is 2.73. The van der Waals surface area contributed by atoms with Crippen LogP contribution in [0.2, 0.25) is 0 Å². The Morgan fingerprint density at radius 1 is 1.85 bits per heavy atom. The van der Waals surface area contributed by atoms with Crippen molar-refractivity contribution in [3.05, 3.63) is 12.7 Å². The van der Waals surface area contributed by atoms with Crippen molar-refractivity contribution in [3.8, 4) is 0 Å². The van der Waals surface area contributed by atoms with Crippen LogP contribution < -0.4 is 5.73 Å². The lowest BCUT2D eigenvalue weighted by Crippen LogP contribution is -2.46. The van der Waals surface area contributed by atoms with Crippen molar-refractivity contribution >= 4 is 5.91 Å². The van der Waals surface area contributed by atoms with Gasteiger partial charge in [0.2, 0.25) is 0 Å². The van der Waals surface area contributed by atoms with Crippen LogP contribution in [-0.4, -0.2) is 40.6 Å². The van der Waals surface area contributed by atoms with Gasteiger partial charge in [0.25, 0.3) is 5.91 Å². The number of hydrogen-bond donors (Lipinski definition) is 2. The monoisotopic (exact) mass is 184 g/mol. The summed E-state index contributed by atoms with van der Waals surface area (Å²) in [6.45, 7) is 6.63.